The molecule has 1 fully saturated rings. The average molecular weight is 949 g/mol. The second kappa shape index (κ2) is 26.6. The third-order valence-corrected chi connectivity index (χ3v) is 12.4. The number of hydrogen-bond donors (Lipinski definition) is 11. The molecule has 0 radical (unpaired) electrons. The predicted molar refractivity (Wildman–Crippen MR) is 244 cm³/mol. The molecule has 1 aromatic carbocycles. The van der Waals surface area contributed by atoms with E-state index in [1.807, 2.05) is 13.8 Å². The van der Waals surface area contributed by atoms with Crippen LogP contribution < -0.4 is 47.7 Å². The summed E-state index contributed by atoms with van der Waals surface area (Å²) >= 11 is 0. The van der Waals surface area contributed by atoms with E-state index in [0.717, 1.165) is 0 Å². The molecule has 2 aromatic rings. The lowest BCUT2D eigenvalue weighted by Gasteiger charge is -2.33. The number of nitrogens with zero attached hydrogens (tertiary/aromatic N) is 1. The van der Waals surface area contributed by atoms with Gasteiger partial charge in [0.2, 0.25) is 41.4 Å². The van der Waals surface area contributed by atoms with Crippen LogP contribution in [0.25, 0.3) is 10.9 Å². The number of aldehydes is 1. The van der Waals surface area contributed by atoms with E-state index < -0.39 is 114 Å². The zero-order valence-electron chi connectivity index (χ0n) is 38.7. The van der Waals surface area contributed by atoms with Gasteiger partial charge in [-0.05, 0) is 57.4 Å². The summed E-state index contributed by atoms with van der Waals surface area (Å²) in [5.41, 5.74) is 6.34. The Hall–Kier alpha value is -5.49. The summed E-state index contributed by atoms with van der Waals surface area (Å²) in [7, 11) is -0.0927. The Labute approximate surface area is 386 Å². The van der Waals surface area contributed by atoms with Crippen molar-refractivity contribution in [1.29, 1.82) is 0 Å². The second-order valence-corrected chi connectivity index (χ2v) is 18.0. The highest BCUT2D eigenvalue weighted by molar-refractivity contribution is 7.84. The van der Waals surface area contributed by atoms with Crippen molar-refractivity contribution >= 4 is 69.3 Å². The Balaban J connectivity index is 1.96. The van der Waals surface area contributed by atoms with Crippen molar-refractivity contribution < 1.29 is 57.5 Å². The molecule has 3 rings (SSSR count). The van der Waals surface area contributed by atoms with Crippen molar-refractivity contribution in [2.45, 2.75) is 114 Å². The first-order valence-corrected chi connectivity index (χ1v) is 23.6. The normalized spacial score (nSPS) is 17.4. The first-order chi connectivity index (χ1) is 31.3. The highest BCUT2D eigenvalue weighted by Gasteiger charge is 2.37. The topological polar surface area (TPSA) is 333 Å². The van der Waals surface area contributed by atoms with Crippen LogP contribution in [0.15, 0.2) is 23.2 Å². The van der Waals surface area contributed by atoms with Crippen molar-refractivity contribution in [3.63, 3.8) is 0 Å². The number of H-pyrrole nitrogens is 1. The van der Waals surface area contributed by atoms with Gasteiger partial charge in [-0.25, -0.2) is 0 Å². The maximum atomic E-state index is 14.5. The molecule has 1 saturated heterocycles. The molecule has 0 bridgehead atoms. The number of hydrogen-bond acceptors (Lipinski definition) is 14. The van der Waals surface area contributed by atoms with E-state index >= 15 is 0 Å². The van der Waals surface area contributed by atoms with Gasteiger partial charge in [-0.15, -0.1) is 0 Å². The van der Waals surface area contributed by atoms with Crippen molar-refractivity contribution in [3.8, 4) is 5.75 Å². The fourth-order valence-electron chi connectivity index (χ4n) is 7.61. The zero-order chi connectivity index (χ0) is 49.2. The van der Waals surface area contributed by atoms with Gasteiger partial charge in [0.15, 0.2) is 0 Å². The fraction of sp³-hybridized carbons (Fsp3) is 0.628. The van der Waals surface area contributed by atoms with Crippen LogP contribution in [0.3, 0.4) is 0 Å². The molecule has 0 spiro atoms. The monoisotopic (exact) mass is 948 g/mol. The lowest BCUT2D eigenvalue weighted by atomic mass is 9.94. The van der Waals surface area contributed by atoms with E-state index in [9.17, 15) is 52.8 Å². The minimum absolute atomic E-state index is 0.0485. The minimum atomic E-state index is -1.63. The standard InChI is InChI=1S/C43H68N10O12S/c1-8-24(4)37(40(61)49-20-35(58)46-13-15-54)52-36(59)21-48-39(60)31(17-29-28-12-11-27(65-23(2)3)16-30(28)51-42(29)66(7)64)50-41(62)38(25(5)33(56)22-55)47-19-26-10-9-14-53(26)43(63)32(45-6)18-34(44)57/h11-12,15-16,23-26,31-33,37-38,45,47,51,55-56H,8-10,13-14,17-22H2,1-7H3,(H2,44,57)(H,46,58)(H,48,60)(H,49,61)(H,50,62)(H,52,59)/t24-,25-,26-,31+,32-,33-,37-,38-,66?/m0/s1. The first kappa shape index (κ1) is 54.8. The van der Waals surface area contributed by atoms with Gasteiger partial charge in [-0.2, -0.15) is 0 Å². The Bertz CT molecular complexity index is 2050. The van der Waals surface area contributed by atoms with Crippen molar-refractivity contribution in [3.05, 3.63) is 23.8 Å². The van der Waals surface area contributed by atoms with Crippen LogP contribution in [0.5, 0.6) is 5.75 Å². The van der Waals surface area contributed by atoms with Crippen LogP contribution in [-0.4, -0.2) is 167 Å². The van der Waals surface area contributed by atoms with Crippen LogP contribution in [0.4, 0.5) is 0 Å². The number of nitrogens with two attached hydrogens (primary N) is 1. The first-order valence-electron chi connectivity index (χ1n) is 22.0. The molecule has 12 N–H and O–H groups in total. The maximum Gasteiger partial charge on any atom is 0.243 e. The summed E-state index contributed by atoms with van der Waals surface area (Å²) in [6.45, 7) is 7.12. The molecule has 1 aromatic heterocycles. The number of aromatic amines is 1. The number of aliphatic hydroxyl groups excluding tert-OH is 2. The van der Waals surface area contributed by atoms with Crippen molar-refractivity contribution in [2.24, 2.45) is 17.6 Å². The molecule has 23 heteroatoms. The van der Waals surface area contributed by atoms with Crippen LogP contribution in [0.2, 0.25) is 0 Å². The maximum absolute atomic E-state index is 14.5. The van der Waals surface area contributed by atoms with Crippen LogP contribution in [-0.2, 0) is 55.6 Å². The van der Waals surface area contributed by atoms with E-state index in [0.29, 0.717) is 54.3 Å². The number of fused-ring (bicyclic) bond motifs is 1. The van der Waals surface area contributed by atoms with Crippen molar-refractivity contribution in [2.75, 3.05) is 52.6 Å². The number of benzene rings is 1. The zero-order valence-corrected chi connectivity index (χ0v) is 39.5. The third kappa shape index (κ3) is 15.8. The molecule has 368 valence electrons. The minimum Gasteiger partial charge on any atom is -0.491 e. The smallest absolute Gasteiger partial charge is 0.243 e. The number of rotatable bonds is 28. The molecule has 1 unspecified atom stereocenters. The van der Waals surface area contributed by atoms with Gasteiger partial charge in [0.1, 0.15) is 29.1 Å². The number of carbonyl (C=O) groups excluding carboxylic acids is 8. The molecule has 0 saturated carbocycles. The molecule has 1 aliphatic heterocycles. The number of carbonyl (C=O) groups is 8. The number of primary amides is 1. The third-order valence-electron chi connectivity index (χ3n) is 11.5. The van der Waals surface area contributed by atoms with Crippen LogP contribution >= 0.6 is 0 Å². The molecule has 66 heavy (non-hydrogen) atoms. The molecule has 7 amide bonds. The van der Waals surface area contributed by atoms with E-state index in [-0.39, 0.29) is 43.0 Å². The van der Waals surface area contributed by atoms with E-state index in [1.54, 1.807) is 36.9 Å². The van der Waals surface area contributed by atoms with Gasteiger partial charge >= 0.3 is 0 Å². The molecule has 1 aliphatic rings. The van der Waals surface area contributed by atoms with Crippen LogP contribution in [0.1, 0.15) is 65.9 Å². The van der Waals surface area contributed by atoms with Gasteiger partial charge in [-0.1, -0.05) is 27.2 Å². The summed E-state index contributed by atoms with van der Waals surface area (Å²) < 4.78 is 19.0. The predicted octanol–water partition coefficient (Wildman–Crippen LogP) is -2.80. The number of likely N-dealkylation sites (tertiary alicyclic amines) is 1. The summed E-state index contributed by atoms with van der Waals surface area (Å²) in [4.78, 5) is 108. The Morgan fingerprint density at radius 1 is 0.970 bits per heavy atom. The van der Waals surface area contributed by atoms with Crippen LogP contribution in [0, 0.1) is 11.8 Å². The molecular weight excluding hydrogens is 881 g/mol. The largest absolute Gasteiger partial charge is 0.491 e. The Morgan fingerprint density at radius 2 is 1.65 bits per heavy atom. The molecule has 2 heterocycles. The fourth-order valence-corrected chi connectivity index (χ4v) is 8.41. The summed E-state index contributed by atoms with van der Waals surface area (Å²) in [6, 6.07) is 0.0250. The van der Waals surface area contributed by atoms with E-state index in [4.69, 9.17) is 10.5 Å². The number of nitrogens with one attached hydrogen (secondary N) is 8. The Morgan fingerprint density at radius 3 is 2.26 bits per heavy atom. The lowest BCUT2D eigenvalue weighted by molar-refractivity contribution is -0.136. The molecule has 9 atom stereocenters. The second-order valence-electron chi connectivity index (χ2n) is 16.7. The summed E-state index contributed by atoms with van der Waals surface area (Å²) in [5.74, 6) is -5.55. The highest BCUT2D eigenvalue weighted by atomic mass is 32.2. The number of amides is 7. The average Bonchev–Trinajstić information content (AvgIpc) is 3.90. The van der Waals surface area contributed by atoms with E-state index in [1.165, 1.54) is 20.2 Å². The molecular formula is C43H68N10O12S. The summed E-state index contributed by atoms with van der Waals surface area (Å²) in [5, 5.41) is 40.1. The van der Waals surface area contributed by atoms with Gasteiger partial charge in [-0.3, -0.25) is 37.8 Å². The number of aliphatic hydroxyl groups is 2. The Kier molecular flexibility index (Phi) is 22.1. The molecule has 22 nitrogen and oxygen atoms in total. The highest BCUT2D eigenvalue weighted by Crippen LogP contribution is 2.30. The van der Waals surface area contributed by atoms with Crippen molar-refractivity contribution in [1.82, 2.24) is 47.1 Å². The summed E-state index contributed by atoms with van der Waals surface area (Å²) in [6.07, 6.45) is 1.53. The van der Waals surface area contributed by atoms with Gasteiger partial charge in [0, 0.05) is 49.2 Å². The van der Waals surface area contributed by atoms with Gasteiger partial charge < -0.3 is 72.6 Å². The lowest BCUT2D eigenvalue weighted by Crippen LogP contribution is -2.59. The van der Waals surface area contributed by atoms with E-state index in [2.05, 4.69) is 42.2 Å². The van der Waals surface area contributed by atoms with Gasteiger partial charge in [0.25, 0.3) is 0 Å². The molecule has 0 aliphatic carbocycles. The number of likely N-dealkylation sites (N-methyl/N-ethyl adjacent to an activating group) is 1. The quantitative estimate of drug-likeness (QED) is 0.0384. The number of aromatic nitrogens is 1. The SMILES string of the molecule is CC[C@H](C)[C@H](NC(=O)CNC(=O)[C@@H](Cc1c(S(C)=O)[nH]c2cc(OC(C)C)ccc12)NC(=O)[C@@H](NC[C@@H]1CCCN1C(=O)[C@H](CC(N)=O)NC)[C@@H](C)[C@@H](O)CO)C(=O)NCC(=O)NCC=O. The van der Waals surface area contributed by atoms with Gasteiger partial charge in [0.05, 0.1) is 73.3 Å². The number of ether oxygens (including phenoxy) is 1.